The third kappa shape index (κ3) is 2.13. The number of nitrogens with zero attached hydrogens (tertiary/aromatic N) is 1. The Bertz CT molecular complexity index is 1320. The molecule has 26 heavy (non-hydrogen) atoms. The highest BCUT2D eigenvalue weighted by Gasteiger charge is 2.19. The second kappa shape index (κ2) is 5.64. The Balaban J connectivity index is 1.99. The minimum atomic E-state index is -0.306. The van der Waals surface area contributed by atoms with Crippen LogP contribution < -0.4 is 0 Å². The molecule has 5 aromatic rings. The first-order chi connectivity index (χ1) is 12.7. The Labute approximate surface area is 153 Å². The van der Waals surface area contributed by atoms with Gasteiger partial charge in [0.25, 0.3) is 5.69 Å². The largest absolute Gasteiger partial charge is 0.277 e. The number of thiophene rings is 1. The molecule has 0 bridgehead atoms. The molecular weight excluding hydrogens is 342 g/mol. The van der Waals surface area contributed by atoms with Gasteiger partial charge in [-0.05, 0) is 29.1 Å². The zero-order valence-electron chi connectivity index (χ0n) is 13.7. The fourth-order valence-corrected chi connectivity index (χ4v) is 4.85. The summed E-state index contributed by atoms with van der Waals surface area (Å²) < 4.78 is 2.46. The van der Waals surface area contributed by atoms with Gasteiger partial charge in [-0.3, -0.25) is 10.1 Å². The Morgan fingerprint density at radius 1 is 0.692 bits per heavy atom. The van der Waals surface area contributed by atoms with Gasteiger partial charge in [-0.15, -0.1) is 11.3 Å². The number of fused-ring (bicyclic) bond motifs is 5. The van der Waals surface area contributed by atoms with Crippen LogP contribution in [0.4, 0.5) is 5.69 Å². The highest BCUT2D eigenvalue weighted by molar-refractivity contribution is 7.26. The third-order valence-corrected chi connectivity index (χ3v) is 6.00. The van der Waals surface area contributed by atoms with E-state index in [9.17, 15) is 10.1 Å². The highest BCUT2D eigenvalue weighted by atomic mass is 32.1. The van der Waals surface area contributed by atoms with Crippen LogP contribution in [-0.4, -0.2) is 4.92 Å². The van der Waals surface area contributed by atoms with Crippen molar-refractivity contribution in [2.45, 2.75) is 0 Å². The zero-order chi connectivity index (χ0) is 17.7. The summed E-state index contributed by atoms with van der Waals surface area (Å²) in [7, 11) is 0. The second-order valence-electron chi connectivity index (χ2n) is 6.22. The Morgan fingerprint density at radius 3 is 2.15 bits per heavy atom. The van der Waals surface area contributed by atoms with E-state index < -0.39 is 0 Å². The van der Waals surface area contributed by atoms with Crippen LogP contribution in [0.25, 0.3) is 42.1 Å². The molecule has 0 aliphatic rings. The molecule has 0 unspecified atom stereocenters. The molecule has 0 saturated carbocycles. The number of rotatable bonds is 2. The lowest BCUT2D eigenvalue weighted by atomic mass is 9.94. The van der Waals surface area contributed by atoms with Crippen LogP contribution in [0.15, 0.2) is 78.9 Å². The molecule has 3 nitrogen and oxygen atoms in total. The summed E-state index contributed by atoms with van der Waals surface area (Å²) in [4.78, 5) is 11.3. The summed E-state index contributed by atoms with van der Waals surface area (Å²) in [5.41, 5.74) is 1.70. The molecule has 124 valence electrons. The van der Waals surface area contributed by atoms with Crippen molar-refractivity contribution in [3.05, 3.63) is 89.0 Å². The maximum atomic E-state index is 11.6. The minimum Gasteiger partial charge on any atom is -0.258 e. The first-order valence-electron chi connectivity index (χ1n) is 8.31. The van der Waals surface area contributed by atoms with Gasteiger partial charge in [-0.25, -0.2) is 0 Å². The molecule has 0 atom stereocenters. The molecular formula is C22H13NO2S. The Hall–Kier alpha value is -3.24. The van der Waals surface area contributed by atoms with Gasteiger partial charge in [0.15, 0.2) is 0 Å². The van der Waals surface area contributed by atoms with E-state index in [0.29, 0.717) is 5.56 Å². The van der Waals surface area contributed by atoms with Crippen molar-refractivity contribution in [1.82, 2.24) is 0 Å². The molecule has 1 heterocycles. The first kappa shape index (κ1) is 15.0. The van der Waals surface area contributed by atoms with Crippen LogP contribution in [0.3, 0.4) is 0 Å². The lowest BCUT2D eigenvalue weighted by Gasteiger charge is -2.09. The maximum Gasteiger partial charge on any atom is 0.277 e. The average Bonchev–Trinajstić information content (AvgIpc) is 3.06. The van der Waals surface area contributed by atoms with Gasteiger partial charge in [0.05, 0.1) is 10.5 Å². The van der Waals surface area contributed by atoms with Crippen molar-refractivity contribution in [3.8, 4) is 11.1 Å². The number of nitro groups is 1. The van der Waals surface area contributed by atoms with Crippen LogP contribution in [0.2, 0.25) is 0 Å². The van der Waals surface area contributed by atoms with Crippen molar-refractivity contribution in [3.63, 3.8) is 0 Å². The monoisotopic (exact) mass is 355 g/mol. The zero-order valence-corrected chi connectivity index (χ0v) is 14.5. The van der Waals surface area contributed by atoms with Crippen molar-refractivity contribution < 1.29 is 4.92 Å². The molecule has 0 amide bonds. The van der Waals surface area contributed by atoms with Gasteiger partial charge in [0.1, 0.15) is 0 Å². The Morgan fingerprint density at radius 2 is 1.35 bits per heavy atom. The van der Waals surface area contributed by atoms with Gasteiger partial charge in [0.2, 0.25) is 0 Å². The summed E-state index contributed by atoms with van der Waals surface area (Å²) in [5, 5.41) is 16.1. The number of hydrogen-bond acceptors (Lipinski definition) is 3. The molecule has 1 aromatic heterocycles. The SMILES string of the molecule is O=[N+]([O-])c1ccccc1-c1cc2c3ccccc3sc2c2ccccc12. The minimum absolute atomic E-state index is 0.136. The van der Waals surface area contributed by atoms with Crippen LogP contribution in [0, 0.1) is 10.1 Å². The van der Waals surface area contributed by atoms with Gasteiger partial charge in [-0.2, -0.15) is 0 Å². The van der Waals surface area contributed by atoms with Crippen molar-refractivity contribution in [1.29, 1.82) is 0 Å². The van der Waals surface area contributed by atoms with Crippen molar-refractivity contribution in [2.24, 2.45) is 0 Å². The van der Waals surface area contributed by atoms with E-state index >= 15 is 0 Å². The molecule has 0 fully saturated rings. The Kier molecular flexibility index (Phi) is 3.27. The predicted octanol–water partition coefficient (Wildman–Crippen LogP) is 6.78. The van der Waals surface area contributed by atoms with Crippen LogP contribution >= 0.6 is 11.3 Å². The second-order valence-corrected chi connectivity index (χ2v) is 7.27. The molecule has 5 rings (SSSR count). The third-order valence-electron chi connectivity index (χ3n) is 4.78. The summed E-state index contributed by atoms with van der Waals surface area (Å²) in [6.45, 7) is 0. The number of para-hydroxylation sites is 1. The standard InChI is InChI=1S/C22H13NO2S/c24-23(25)20-11-5-3-8-15(20)18-13-19-16-9-4-6-12-21(16)26-22(19)17-10-2-1-7-14(17)18/h1-13H. The van der Waals surface area contributed by atoms with E-state index in [1.807, 2.05) is 42.5 Å². The van der Waals surface area contributed by atoms with E-state index in [-0.39, 0.29) is 10.6 Å². The fraction of sp³-hybridized carbons (Fsp3) is 0. The molecule has 0 N–H and O–H groups in total. The molecule has 0 aliphatic carbocycles. The summed E-state index contributed by atoms with van der Waals surface area (Å²) in [6.07, 6.45) is 0. The lowest BCUT2D eigenvalue weighted by molar-refractivity contribution is -0.384. The quantitative estimate of drug-likeness (QED) is 0.259. The van der Waals surface area contributed by atoms with E-state index in [4.69, 9.17) is 0 Å². The normalized spacial score (nSPS) is 11.4. The first-order valence-corrected chi connectivity index (χ1v) is 9.12. The summed E-state index contributed by atoms with van der Waals surface area (Å²) >= 11 is 1.77. The van der Waals surface area contributed by atoms with Gasteiger partial charge in [0, 0.05) is 31.6 Å². The van der Waals surface area contributed by atoms with E-state index in [1.54, 1.807) is 23.5 Å². The van der Waals surface area contributed by atoms with Crippen molar-refractivity contribution in [2.75, 3.05) is 0 Å². The average molecular weight is 355 g/mol. The van der Waals surface area contributed by atoms with Gasteiger partial charge >= 0.3 is 0 Å². The molecule has 0 spiro atoms. The number of hydrogen-bond donors (Lipinski definition) is 0. The summed E-state index contributed by atoms with van der Waals surface area (Å²) in [5.74, 6) is 0. The van der Waals surface area contributed by atoms with E-state index in [1.165, 1.54) is 14.8 Å². The van der Waals surface area contributed by atoms with Crippen molar-refractivity contribution >= 4 is 48.0 Å². The molecule has 0 saturated heterocycles. The number of nitro benzene ring substituents is 1. The fourth-order valence-electron chi connectivity index (χ4n) is 3.63. The van der Waals surface area contributed by atoms with Gasteiger partial charge < -0.3 is 0 Å². The van der Waals surface area contributed by atoms with Crippen LogP contribution in [-0.2, 0) is 0 Å². The van der Waals surface area contributed by atoms with E-state index in [2.05, 4.69) is 24.3 Å². The van der Waals surface area contributed by atoms with E-state index in [0.717, 1.165) is 21.7 Å². The topological polar surface area (TPSA) is 43.1 Å². The predicted molar refractivity (Wildman–Crippen MR) is 109 cm³/mol. The van der Waals surface area contributed by atoms with Crippen LogP contribution in [0.5, 0.6) is 0 Å². The molecule has 4 aromatic carbocycles. The maximum absolute atomic E-state index is 11.6. The molecule has 0 aliphatic heterocycles. The lowest BCUT2D eigenvalue weighted by Crippen LogP contribution is -1.92. The van der Waals surface area contributed by atoms with Gasteiger partial charge in [-0.1, -0.05) is 54.6 Å². The molecule has 4 heteroatoms. The van der Waals surface area contributed by atoms with Crippen LogP contribution in [0.1, 0.15) is 0 Å². The number of benzene rings is 4. The summed E-state index contributed by atoms with van der Waals surface area (Å²) in [6, 6.07) is 25.6. The smallest absolute Gasteiger partial charge is 0.258 e. The molecule has 0 radical (unpaired) electrons. The highest BCUT2D eigenvalue weighted by Crippen LogP contribution is 2.44.